The Bertz CT molecular complexity index is 2200. The summed E-state index contributed by atoms with van der Waals surface area (Å²) in [5, 5.41) is 0. The molecule has 0 saturated heterocycles. The van der Waals surface area contributed by atoms with E-state index in [0.717, 1.165) is 60.8 Å². The van der Waals surface area contributed by atoms with Crippen molar-refractivity contribution in [1.29, 1.82) is 0 Å². The Hall–Kier alpha value is -6.31. The normalized spacial score (nSPS) is 14.6. The van der Waals surface area contributed by atoms with E-state index in [1.165, 1.54) is 45.4 Å². The number of carbonyl (C=O) groups excluding carboxylic acids is 6. The molecule has 4 rings (SSSR count). The first-order chi connectivity index (χ1) is 32.0. The van der Waals surface area contributed by atoms with Crippen LogP contribution >= 0.6 is 0 Å². The zero-order chi connectivity index (χ0) is 49.1. The molecule has 1 fully saturated rings. The van der Waals surface area contributed by atoms with E-state index in [1.54, 1.807) is 13.0 Å². The number of benzene rings is 3. The highest BCUT2D eigenvalue weighted by molar-refractivity contribution is 6.30. The quantitative estimate of drug-likeness (QED) is 0.0290. The van der Waals surface area contributed by atoms with Crippen LogP contribution in [0.2, 0.25) is 0 Å². The minimum absolute atomic E-state index is 0.0301. The van der Waals surface area contributed by atoms with Crippen LogP contribution in [-0.2, 0) is 70.0 Å². The molecule has 0 aromatic heterocycles. The zero-order valence-corrected chi connectivity index (χ0v) is 39.8. The van der Waals surface area contributed by atoms with Crippen LogP contribution in [0, 0.1) is 17.2 Å². The van der Waals surface area contributed by atoms with Crippen LogP contribution in [0.3, 0.4) is 0 Å². The Labute approximate surface area is 393 Å². The van der Waals surface area contributed by atoms with E-state index in [0.29, 0.717) is 42.1 Å². The molecule has 362 valence electrons. The summed E-state index contributed by atoms with van der Waals surface area (Å²) in [5.74, 6) is -5.59. The lowest BCUT2D eigenvalue weighted by atomic mass is 9.77. The monoisotopic (exact) mass is 928 g/mol. The Balaban J connectivity index is 1.67. The third kappa shape index (κ3) is 15.6. The maximum absolute atomic E-state index is 15.8. The molecular formula is C53H65FO13. The highest BCUT2D eigenvalue weighted by atomic mass is 19.1. The fourth-order valence-corrected chi connectivity index (χ4v) is 7.97. The molecular weight excluding hydrogens is 864 g/mol. The fourth-order valence-electron chi connectivity index (χ4n) is 7.97. The minimum atomic E-state index is -1.71. The lowest BCUT2D eigenvalue weighted by Gasteiger charge is -2.32. The molecule has 0 N–H and O–H groups in total. The number of methoxy groups -OCH3 is 2. The summed E-state index contributed by atoms with van der Waals surface area (Å²) in [6.07, 6.45) is 10.9. The van der Waals surface area contributed by atoms with Gasteiger partial charge in [-0.05, 0) is 122 Å². The van der Waals surface area contributed by atoms with Crippen molar-refractivity contribution in [3.8, 4) is 28.0 Å². The first-order valence-electron chi connectivity index (χ1n) is 22.9. The predicted molar refractivity (Wildman–Crippen MR) is 249 cm³/mol. The number of carbonyl (C=O) groups is 6. The second-order valence-corrected chi connectivity index (χ2v) is 17.3. The van der Waals surface area contributed by atoms with Gasteiger partial charge in [-0.2, -0.15) is 0 Å². The summed E-state index contributed by atoms with van der Waals surface area (Å²) in [5.41, 5.74) is 4.08. The van der Waals surface area contributed by atoms with Crippen LogP contribution in [-0.4, -0.2) is 83.1 Å². The first-order valence-corrected chi connectivity index (χ1v) is 22.9. The molecule has 0 heterocycles. The second kappa shape index (κ2) is 26.1. The summed E-state index contributed by atoms with van der Waals surface area (Å²) >= 11 is 0. The maximum Gasteiger partial charge on any atom is 0.417 e. The SMILES string of the molecule is C=C(C)C(=O)OCCCc1cc(-c2ccc(-c3ccc(C4CCC(CCCCC)CC4)cc3F)cc2)c(CC)cc1OCC(COC(=O)C(=C)C)(COC(=O)C(=O)OC)COC(=O)C(=O)OC. The molecule has 3 aromatic rings. The summed E-state index contributed by atoms with van der Waals surface area (Å²) < 4.78 is 52.6. The van der Waals surface area contributed by atoms with E-state index in [2.05, 4.69) is 35.6 Å². The van der Waals surface area contributed by atoms with Crippen LogP contribution in [0.1, 0.15) is 108 Å². The van der Waals surface area contributed by atoms with Gasteiger partial charge < -0.3 is 33.2 Å². The number of esters is 6. The Morgan fingerprint density at radius 1 is 0.627 bits per heavy atom. The van der Waals surface area contributed by atoms with E-state index in [4.69, 9.17) is 23.7 Å². The van der Waals surface area contributed by atoms with E-state index < -0.39 is 67.7 Å². The standard InChI is InChI=1S/C53H65FO13/c1-9-11-12-14-36-16-18-38(19-17-36)41-24-25-43(45(54)28-41)39-20-22-40(23-21-39)44-27-42(15-13-26-63-47(55)34(3)4)46(29-37(44)10-2)64-30-53(31-65-48(56)35(5)6,32-66-51(59)49(57)61-7)33-67-52(60)50(58)62-8/h20-25,27-29,36,38H,3,5,9-19,26,30-33H2,1-2,4,6-8H3. The summed E-state index contributed by atoms with van der Waals surface area (Å²) in [4.78, 5) is 73.9. The Morgan fingerprint density at radius 3 is 1.70 bits per heavy atom. The molecule has 0 aliphatic heterocycles. The largest absolute Gasteiger partial charge is 0.492 e. The molecule has 0 amide bonds. The number of aryl methyl sites for hydroxylation is 2. The van der Waals surface area contributed by atoms with E-state index >= 15 is 4.39 Å². The number of hydrogen-bond donors (Lipinski definition) is 0. The van der Waals surface area contributed by atoms with Gasteiger partial charge >= 0.3 is 35.8 Å². The van der Waals surface area contributed by atoms with Gasteiger partial charge in [0.05, 0.1) is 20.8 Å². The first kappa shape index (κ1) is 53.3. The van der Waals surface area contributed by atoms with E-state index in [-0.39, 0.29) is 23.6 Å². The highest BCUT2D eigenvalue weighted by Crippen LogP contribution is 2.40. The smallest absolute Gasteiger partial charge is 0.417 e. The average Bonchev–Trinajstić information content (AvgIpc) is 3.34. The zero-order valence-electron chi connectivity index (χ0n) is 39.8. The summed E-state index contributed by atoms with van der Waals surface area (Å²) in [6.45, 7) is 12.0. The Kier molecular flexibility index (Phi) is 20.8. The average molecular weight is 929 g/mol. The fraction of sp³-hybridized carbons (Fsp3) is 0.472. The molecule has 0 bridgehead atoms. The van der Waals surface area contributed by atoms with Crippen molar-refractivity contribution in [2.45, 2.75) is 104 Å². The highest BCUT2D eigenvalue weighted by Gasteiger charge is 2.39. The van der Waals surface area contributed by atoms with Crippen molar-refractivity contribution < 1.29 is 66.3 Å². The Morgan fingerprint density at radius 2 is 1.18 bits per heavy atom. The van der Waals surface area contributed by atoms with Gasteiger partial charge in [-0.1, -0.05) is 89.1 Å². The van der Waals surface area contributed by atoms with Crippen LogP contribution in [0.4, 0.5) is 4.39 Å². The molecule has 3 aromatic carbocycles. The molecule has 1 aliphatic carbocycles. The molecule has 1 aliphatic rings. The van der Waals surface area contributed by atoms with Crippen molar-refractivity contribution in [2.24, 2.45) is 11.3 Å². The predicted octanol–water partition coefficient (Wildman–Crippen LogP) is 9.55. The van der Waals surface area contributed by atoms with Crippen LogP contribution in [0.15, 0.2) is 78.9 Å². The number of ether oxygens (including phenoxy) is 7. The maximum atomic E-state index is 15.8. The van der Waals surface area contributed by atoms with Gasteiger partial charge in [-0.25, -0.2) is 33.2 Å². The van der Waals surface area contributed by atoms with Crippen molar-refractivity contribution in [3.63, 3.8) is 0 Å². The third-order valence-electron chi connectivity index (χ3n) is 12.0. The molecule has 1 saturated carbocycles. The molecule has 0 radical (unpaired) electrons. The van der Waals surface area contributed by atoms with Gasteiger partial charge in [0.1, 0.15) is 43.4 Å². The number of hydrogen-bond acceptors (Lipinski definition) is 13. The molecule has 14 heteroatoms. The lowest BCUT2D eigenvalue weighted by molar-refractivity contribution is -0.177. The number of unbranched alkanes of at least 4 members (excludes halogenated alkanes) is 2. The van der Waals surface area contributed by atoms with Crippen LogP contribution < -0.4 is 4.74 Å². The molecule has 0 unspecified atom stereocenters. The number of halogens is 1. The van der Waals surface area contributed by atoms with Crippen molar-refractivity contribution in [3.05, 3.63) is 101 Å². The van der Waals surface area contributed by atoms with Crippen LogP contribution in [0.5, 0.6) is 5.75 Å². The number of rotatable bonds is 23. The topological polar surface area (TPSA) is 167 Å². The molecule has 13 nitrogen and oxygen atoms in total. The van der Waals surface area contributed by atoms with Gasteiger partial charge in [-0.3, -0.25) is 0 Å². The molecule has 0 spiro atoms. The summed E-state index contributed by atoms with van der Waals surface area (Å²) in [7, 11) is 1.96. The van der Waals surface area contributed by atoms with Crippen molar-refractivity contribution >= 4 is 35.8 Å². The third-order valence-corrected chi connectivity index (χ3v) is 12.0. The molecule has 67 heavy (non-hydrogen) atoms. The lowest BCUT2D eigenvalue weighted by Crippen LogP contribution is -2.45. The van der Waals surface area contributed by atoms with Gasteiger partial charge in [0, 0.05) is 16.7 Å². The second-order valence-electron chi connectivity index (χ2n) is 17.3. The van der Waals surface area contributed by atoms with E-state index in [9.17, 15) is 28.8 Å². The van der Waals surface area contributed by atoms with E-state index in [1.807, 2.05) is 49.4 Å². The summed E-state index contributed by atoms with van der Waals surface area (Å²) in [6, 6.07) is 17.0. The minimum Gasteiger partial charge on any atom is -0.492 e. The molecule has 0 atom stereocenters. The van der Waals surface area contributed by atoms with Crippen molar-refractivity contribution in [2.75, 3.05) is 47.3 Å². The van der Waals surface area contributed by atoms with Crippen molar-refractivity contribution in [1.82, 2.24) is 0 Å². The van der Waals surface area contributed by atoms with Gasteiger partial charge in [-0.15, -0.1) is 0 Å². The van der Waals surface area contributed by atoms with Crippen LogP contribution in [0.25, 0.3) is 22.3 Å². The van der Waals surface area contributed by atoms with Gasteiger partial charge in [0.2, 0.25) is 0 Å². The van der Waals surface area contributed by atoms with Gasteiger partial charge in [0.25, 0.3) is 0 Å². The van der Waals surface area contributed by atoms with Gasteiger partial charge in [0.15, 0.2) is 0 Å².